The van der Waals surface area contributed by atoms with Gasteiger partial charge in [-0.2, -0.15) is 0 Å². The Labute approximate surface area is 78.9 Å². The molecule has 14 heavy (non-hydrogen) atoms. The summed E-state index contributed by atoms with van der Waals surface area (Å²) >= 11 is 0. The van der Waals surface area contributed by atoms with E-state index in [9.17, 15) is 4.57 Å². The number of ether oxygens (including phenoxy) is 1. The summed E-state index contributed by atoms with van der Waals surface area (Å²) in [7, 11) is -4.80. The average molecular weight is 230 g/mol. The highest BCUT2D eigenvalue weighted by atomic mass is 31.2. The molecule has 4 atom stereocenters. The lowest BCUT2D eigenvalue weighted by atomic mass is 10.1. The van der Waals surface area contributed by atoms with Crippen LogP contribution in [0, 0.1) is 0 Å². The van der Waals surface area contributed by atoms with Gasteiger partial charge in [-0.15, -0.1) is 0 Å². The maximum atomic E-state index is 10.4. The highest BCUT2D eigenvalue weighted by Gasteiger charge is 2.41. The van der Waals surface area contributed by atoms with E-state index in [1.807, 2.05) is 0 Å². The fourth-order valence-electron chi connectivity index (χ4n) is 1.01. The van der Waals surface area contributed by atoms with Gasteiger partial charge in [-0.1, -0.05) is 0 Å². The standard InChI is InChI=1S/C5H11O8P/c6-2-1-12-5(4(8)3(2)7)13-14(9,10)11/h2-8H,1H2,(H2,9,10,11)/t2-,3+,4-,5?/m1/s1. The Bertz CT molecular complexity index is 238. The molecular formula is C5H11O8P. The SMILES string of the molecule is O=P(O)(O)OC1OC[C@@H](O)[C@H](O)[C@H]1O. The largest absolute Gasteiger partial charge is 0.472 e. The maximum Gasteiger partial charge on any atom is 0.472 e. The van der Waals surface area contributed by atoms with Crippen molar-refractivity contribution in [1.29, 1.82) is 0 Å². The summed E-state index contributed by atoms with van der Waals surface area (Å²) in [6.07, 6.45) is -6.21. The first kappa shape index (κ1) is 12.0. The third kappa shape index (κ3) is 2.97. The van der Waals surface area contributed by atoms with Crippen LogP contribution in [0.3, 0.4) is 0 Å². The first-order valence-corrected chi connectivity index (χ1v) is 5.24. The lowest BCUT2D eigenvalue weighted by Crippen LogP contribution is -2.53. The summed E-state index contributed by atoms with van der Waals surface area (Å²) in [5.41, 5.74) is 0. The van der Waals surface area contributed by atoms with Crippen LogP contribution in [0.1, 0.15) is 0 Å². The van der Waals surface area contributed by atoms with Gasteiger partial charge in [-0.05, 0) is 0 Å². The van der Waals surface area contributed by atoms with Crippen LogP contribution in [-0.2, 0) is 13.8 Å². The summed E-state index contributed by atoms with van der Waals surface area (Å²) in [4.78, 5) is 16.8. The van der Waals surface area contributed by atoms with Crippen molar-refractivity contribution in [3.05, 3.63) is 0 Å². The van der Waals surface area contributed by atoms with Gasteiger partial charge >= 0.3 is 7.82 Å². The van der Waals surface area contributed by atoms with Crippen LogP contribution >= 0.6 is 7.82 Å². The number of hydrogen-bond donors (Lipinski definition) is 5. The Kier molecular flexibility index (Phi) is 3.62. The van der Waals surface area contributed by atoms with Crippen molar-refractivity contribution in [1.82, 2.24) is 0 Å². The fraction of sp³-hybridized carbons (Fsp3) is 1.00. The quantitative estimate of drug-likeness (QED) is 0.329. The molecule has 0 radical (unpaired) electrons. The lowest BCUT2D eigenvalue weighted by molar-refractivity contribution is -0.245. The second-order valence-electron chi connectivity index (χ2n) is 2.85. The Morgan fingerprint density at radius 3 is 2.29 bits per heavy atom. The molecule has 0 amide bonds. The molecule has 9 heteroatoms. The van der Waals surface area contributed by atoms with Crippen LogP contribution in [0.5, 0.6) is 0 Å². The second kappa shape index (κ2) is 4.21. The van der Waals surface area contributed by atoms with Crippen LogP contribution in [0.25, 0.3) is 0 Å². The van der Waals surface area contributed by atoms with Crippen molar-refractivity contribution in [2.24, 2.45) is 0 Å². The van der Waals surface area contributed by atoms with Crippen LogP contribution in [0.4, 0.5) is 0 Å². The van der Waals surface area contributed by atoms with E-state index in [0.717, 1.165) is 0 Å². The topological polar surface area (TPSA) is 137 Å². The van der Waals surface area contributed by atoms with Crippen LogP contribution in [0.2, 0.25) is 0 Å². The molecule has 1 saturated heterocycles. The maximum absolute atomic E-state index is 10.4. The molecule has 0 aromatic heterocycles. The molecule has 1 heterocycles. The molecule has 1 aliphatic heterocycles. The number of hydrogen-bond acceptors (Lipinski definition) is 6. The monoisotopic (exact) mass is 230 g/mol. The summed E-state index contributed by atoms with van der Waals surface area (Å²) in [6, 6.07) is 0. The van der Waals surface area contributed by atoms with Gasteiger partial charge in [0.2, 0.25) is 0 Å². The number of phosphoric ester groups is 1. The molecule has 1 aliphatic rings. The van der Waals surface area contributed by atoms with Gasteiger partial charge in [0.05, 0.1) is 6.61 Å². The second-order valence-corrected chi connectivity index (χ2v) is 4.04. The van der Waals surface area contributed by atoms with E-state index in [2.05, 4.69) is 9.26 Å². The molecule has 1 rings (SSSR count). The molecule has 1 unspecified atom stereocenters. The van der Waals surface area contributed by atoms with Crippen LogP contribution in [0.15, 0.2) is 0 Å². The van der Waals surface area contributed by atoms with Gasteiger partial charge in [-0.25, -0.2) is 4.57 Å². The fourth-order valence-corrected chi connectivity index (χ4v) is 1.46. The highest BCUT2D eigenvalue weighted by Crippen LogP contribution is 2.39. The minimum Gasteiger partial charge on any atom is -0.388 e. The number of phosphoric acid groups is 1. The molecule has 0 aromatic rings. The average Bonchev–Trinajstić information content (AvgIpc) is 2.04. The Morgan fingerprint density at radius 2 is 1.79 bits per heavy atom. The third-order valence-corrected chi connectivity index (χ3v) is 2.18. The van der Waals surface area contributed by atoms with E-state index in [-0.39, 0.29) is 6.61 Å². The number of aliphatic hydroxyl groups is 3. The molecule has 0 aromatic carbocycles. The Morgan fingerprint density at radius 1 is 1.21 bits per heavy atom. The van der Waals surface area contributed by atoms with Gasteiger partial charge in [0.15, 0.2) is 6.29 Å². The Balaban J connectivity index is 2.60. The van der Waals surface area contributed by atoms with Crippen molar-refractivity contribution in [2.45, 2.75) is 24.6 Å². The lowest BCUT2D eigenvalue weighted by Gasteiger charge is -2.34. The summed E-state index contributed by atoms with van der Waals surface area (Å²) < 4.78 is 19.0. The minimum absolute atomic E-state index is 0.372. The van der Waals surface area contributed by atoms with E-state index < -0.39 is 32.4 Å². The predicted molar refractivity (Wildman–Crippen MR) is 40.9 cm³/mol. The highest BCUT2D eigenvalue weighted by molar-refractivity contribution is 7.46. The van der Waals surface area contributed by atoms with Gasteiger partial charge in [0, 0.05) is 0 Å². The zero-order valence-electron chi connectivity index (χ0n) is 6.92. The smallest absolute Gasteiger partial charge is 0.388 e. The predicted octanol–water partition coefficient (Wildman–Crippen LogP) is -2.47. The zero-order chi connectivity index (χ0) is 10.9. The molecule has 84 valence electrons. The first-order chi connectivity index (χ1) is 6.31. The number of rotatable bonds is 2. The molecule has 0 bridgehead atoms. The third-order valence-electron chi connectivity index (χ3n) is 1.70. The van der Waals surface area contributed by atoms with E-state index in [0.29, 0.717) is 0 Å². The number of aliphatic hydroxyl groups excluding tert-OH is 3. The van der Waals surface area contributed by atoms with Gasteiger partial charge in [-0.3, -0.25) is 4.52 Å². The van der Waals surface area contributed by atoms with Crippen molar-refractivity contribution >= 4 is 7.82 Å². The zero-order valence-corrected chi connectivity index (χ0v) is 7.82. The van der Waals surface area contributed by atoms with Crippen molar-refractivity contribution in [3.8, 4) is 0 Å². The summed E-state index contributed by atoms with van der Waals surface area (Å²) in [5, 5.41) is 27.2. The molecule has 0 saturated carbocycles. The van der Waals surface area contributed by atoms with Gasteiger partial charge in [0.25, 0.3) is 0 Å². The van der Waals surface area contributed by atoms with Gasteiger partial charge in [0.1, 0.15) is 18.3 Å². The molecule has 1 fully saturated rings. The van der Waals surface area contributed by atoms with E-state index in [4.69, 9.17) is 25.1 Å². The van der Waals surface area contributed by atoms with E-state index in [1.54, 1.807) is 0 Å². The molecule has 0 aliphatic carbocycles. The minimum atomic E-state index is -4.80. The van der Waals surface area contributed by atoms with E-state index >= 15 is 0 Å². The Hall–Kier alpha value is -0.0500. The first-order valence-electron chi connectivity index (χ1n) is 3.71. The molecule has 8 nitrogen and oxygen atoms in total. The molecule has 0 spiro atoms. The van der Waals surface area contributed by atoms with Gasteiger partial charge < -0.3 is 29.8 Å². The van der Waals surface area contributed by atoms with Crippen molar-refractivity contribution < 1.29 is 38.9 Å². The van der Waals surface area contributed by atoms with Crippen molar-refractivity contribution in [2.75, 3.05) is 6.61 Å². The summed E-state index contributed by atoms with van der Waals surface area (Å²) in [5.74, 6) is 0. The van der Waals surface area contributed by atoms with Crippen LogP contribution < -0.4 is 0 Å². The van der Waals surface area contributed by atoms with Crippen LogP contribution in [-0.4, -0.2) is 56.3 Å². The van der Waals surface area contributed by atoms with Crippen molar-refractivity contribution in [3.63, 3.8) is 0 Å². The molecule has 5 N–H and O–H groups in total. The normalized spacial score (nSPS) is 39.8. The molecular weight excluding hydrogens is 219 g/mol. The van der Waals surface area contributed by atoms with E-state index in [1.165, 1.54) is 0 Å². The summed E-state index contributed by atoms with van der Waals surface area (Å²) in [6.45, 7) is -0.372.